The third-order valence-electron chi connectivity index (χ3n) is 5.84. The van der Waals surface area contributed by atoms with Gasteiger partial charge in [-0.15, -0.1) is 0 Å². The minimum atomic E-state index is 0.175. The van der Waals surface area contributed by atoms with E-state index in [1.807, 2.05) is 0 Å². The molecule has 0 heterocycles. The summed E-state index contributed by atoms with van der Waals surface area (Å²) >= 11 is 0. The number of aryl methyl sites for hydroxylation is 2. The minimum absolute atomic E-state index is 0.175. The van der Waals surface area contributed by atoms with Crippen molar-refractivity contribution in [1.82, 2.24) is 0 Å². The predicted octanol–water partition coefficient (Wildman–Crippen LogP) is 6.54. The molecule has 0 bridgehead atoms. The molecule has 0 nitrogen and oxygen atoms in total. The van der Waals surface area contributed by atoms with Crippen LogP contribution in [0, 0.1) is 13.8 Å². The molecule has 0 atom stereocenters. The van der Waals surface area contributed by atoms with E-state index in [1.165, 1.54) is 44.2 Å². The minimum Gasteiger partial charge on any atom is -0.0642 e. The van der Waals surface area contributed by atoms with E-state index >= 15 is 0 Å². The van der Waals surface area contributed by atoms with Crippen LogP contribution >= 0.6 is 0 Å². The number of rotatable bonds is 2. The molecule has 0 radical (unpaired) electrons. The summed E-state index contributed by atoms with van der Waals surface area (Å²) in [6, 6.07) is 18.7. The summed E-state index contributed by atoms with van der Waals surface area (Å²) < 4.78 is 0. The first kappa shape index (κ1) is 14.5. The summed E-state index contributed by atoms with van der Waals surface area (Å²) in [6.45, 7) is 9.06. The highest BCUT2D eigenvalue weighted by Crippen LogP contribution is 2.53. The van der Waals surface area contributed by atoms with Crippen LogP contribution < -0.4 is 0 Å². The first-order valence-corrected chi connectivity index (χ1v) is 8.75. The number of fused-ring (bicyclic) bond motifs is 4. The maximum atomic E-state index is 2.46. The Bertz CT molecular complexity index is 911. The monoisotopic (exact) mass is 300 g/mol. The molecule has 1 aliphatic rings. The van der Waals surface area contributed by atoms with Crippen molar-refractivity contribution in [3.8, 4) is 11.1 Å². The molecule has 3 aromatic rings. The fourth-order valence-corrected chi connectivity index (χ4v) is 4.48. The lowest BCUT2D eigenvalue weighted by molar-refractivity contribution is 0.490. The molecule has 0 saturated heterocycles. The van der Waals surface area contributed by atoms with Gasteiger partial charge < -0.3 is 0 Å². The van der Waals surface area contributed by atoms with Gasteiger partial charge in [-0.2, -0.15) is 0 Å². The summed E-state index contributed by atoms with van der Waals surface area (Å²) in [5.41, 5.74) is 8.82. The van der Waals surface area contributed by atoms with Crippen LogP contribution in [0.1, 0.15) is 48.9 Å². The van der Waals surface area contributed by atoms with E-state index in [2.05, 4.69) is 76.2 Å². The van der Waals surface area contributed by atoms with Crippen LogP contribution in [-0.2, 0) is 5.41 Å². The van der Waals surface area contributed by atoms with Gasteiger partial charge in [0.25, 0.3) is 0 Å². The molecule has 23 heavy (non-hydrogen) atoms. The Kier molecular flexibility index (Phi) is 3.13. The number of hydrogen-bond acceptors (Lipinski definition) is 0. The molecule has 116 valence electrons. The van der Waals surface area contributed by atoms with Crippen LogP contribution in [0.3, 0.4) is 0 Å². The van der Waals surface area contributed by atoms with Crippen LogP contribution in [0.2, 0.25) is 0 Å². The molecule has 0 fully saturated rings. The van der Waals surface area contributed by atoms with Crippen LogP contribution in [0.4, 0.5) is 0 Å². The lowest BCUT2D eigenvalue weighted by Gasteiger charge is -2.30. The molecule has 1 aliphatic carbocycles. The van der Waals surface area contributed by atoms with Crippen LogP contribution in [0.25, 0.3) is 21.9 Å². The molecule has 0 saturated carbocycles. The maximum absolute atomic E-state index is 2.46. The Morgan fingerprint density at radius 1 is 0.652 bits per heavy atom. The Hall–Kier alpha value is -2.08. The van der Waals surface area contributed by atoms with E-state index in [-0.39, 0.29) is 5.41 Å². The topological polar surface area (TPSA) is 0 Å². The third-order valence-corrected chi connectivity index (χ3v) is 5.84. The molecule has 4 rings (SSSR count). The quantitative estimate of drug-likeness (QED) is 0.504. The molecule has 3 aromatic carbocycles. The summed E-state index contributed by atoms with van der Waals surface area (Å²) in [5, 5.41) is 2.73. The van der Waals surface area contributed by atoms with Crippen molar-refractivity contribution in [3.05, 3.63) is 70.8 Å². The van der Waals surface area contributed by atoms with Gasteiger partial charge in [0.1, 0.15) is 0 Å². The zero-order chi connectivity index (χ0) is 16.2. The molecule has 0 aromatic heterocycles. The Balaban J connectivity index is 2.11. The van der Waals surface area contributed by atoms with Crippen molar-refractivity contribution < 1.29 is 0 Å². The van der Waals surface area contributed by atoms with Gasteiger partial charge in [-0.05, 0) is 71.8 Å². The lowest BCUT2D eigenvalue weighted by atomic mass is 9.73. The Morgan fingerprint density at radius 3 is 2.04 bits per heavy atom. The highest BCUT2D eigenvalue weighted by Gasteiger charge is 2.40. The van der Waals surface area contributed by atoms with E-state index in [1.54, 1.807) is 0 Å². The molecule has 0 heteroatoms. The van der Waals surface area contributed by atoms with Crippen molar-refractivity contribution in [2.45, 2.75) is 46.0 Å². The fraction of sp³-hybridized carbons (Fsp3) is 0.304. The smallest absolute Gasteiger partial charge is 0.0210 e. The maximum Gasteiger partial charge on any atom is 0.0210 e. The highest BCUT2D eigenvalue weighted by atomic mass is 14.4. The second kappa shape index (κ2) is 4.96. The second-order valence-electron chi connectivity index (χ2n) is 7.09. The first-order valence-electron chi connectivity index (χ1n) is 8.75. The van der Waals surface area contributed by atoms with Crippen molar-refractivity contribution in [2.24, 2.45) is 0 Å². The van der Waals surface area contributed by atoms with Gasteiger partial charge in [0.05, 0.1) is 0 Å². The van der Waals surface area contributed by atoms with Gasteiger partial charge in [-0.25, -0.2) is 0 Å². The molecule has 0 aliphatic heterocycles. The predicted molar refractivity (Wildman–Crippen MR) is 100 cm³/mol. The van der Waals surface area contributed by atoms with Crippen LogP contribution in [0.15, 0.2) is 48.5 Å². The average molecular weight is 300 g/mol. The molecule has 0 N–H and O–H groups in total. The molecular formula is C23H24. The van der Waals surface area contributed by atoms with Crippen molar-refractivity contribution in [3.63, 3.8) is 0 Å². The lowest BCUT2D eigenvalue weighted by Crippen LogP contribution is -2.23. The molecule has 0 amide bonds. The van der Waals surface area contributed by atoms with Crippen molar-refractivity contribution in [1.29, 1.82) is 0 Å². The Labute approximate surface area is 139 Å². The second-order valence-corrected chi connectivity index (χ2v) is 7.09. The van der Waals surface area contributed by atoms with E-state index < -0.39 is 0 Å². The van der Waals surface area contributed by atoms with Gasteiger partial charge in [-0.1, -0.05) is 61.4 Å². The van der Waals surface area contributed by atoms with Crippen molar-refractivity contribution >= 4 is 10.8 Å². The first-order chi connectivity index (χ1) is 11.1. The molecular weight excluding hydrogens is 276 g/mol. The standard InChI is InChI=1S/C23H24/c1-5-23(6-2)21-12-16(4)8-10-19(21)20-13-17-9-7-15(3)11-18(17)14-22(20)23/h7-14H,5-6H2,1-4H3. The number of benzene rings is 3. The highest BCUT2D eigenvalue weighted by molar-refractivity contribution is 5.94. The fourth-order valence-electron chi connectivity index (χ4n) is 4.48. The van der Waals surface area contributed by atoms with Crippen LogP contribution in [0.5, 0.6) is 0 Å². The van der Waals surface area contributed by atoms with E-state index in [9.17, 15) is 0 Å². The molecule has 0 unspecified atom stereocenters. The third kappa shape index (κ3) is 1.91. The summed E-state index contributed by atoms with van der Waals surface area (Å²) in [7, 11) is 0. The normalized spacial score (nSPS) is 14.8. The van der Waals surface area contributed by atoms with Gasteiger partial charge in [0.15, 0.2) is 0 Å². The van der Waals surface area contributed by atoms with E-state index in [0.29, 0.717) is 0 Å². The summed E-state index contributed by atoms with van der Waals surface area (Å²) in [6.07, 6.45) is 2.31. The zero-order valence-corrected chi connectivity index (χ0v) is 14.5. The molecule has 0 spiro atoms. The van der Waals surface area contributed by atoms with Crippen molar-refractivity contribution in [2.75, 3.05) is 0 Å². The largest absolute Gasteiger partial charge is 0.0642 e. The van der Waals surface area contributed by atoms with Crippen LogP contribution in [-0.4, -0.2) is 0 Å². The average Bonchev–Trinajstić information content (AvgIpc) is 2.81. The summed E-state index contributed by atoms with van der Waals surface area (Å²) in [4.78, 5) is 0. The van der Waals surface area contributed by atoms with Gasteiger partial charge >= 0.3 is 0 Å². The van der Waals surface area contributed by atoms with Gasteiger partial charge in [0.2, 0.25) is 0 Å². The van der Waals surface area contributed by atoms with Gasteiger partial charge in [-0.3, -0.25) is 0 Å². The van der Waals surface area contributed by atoms with E-state index in [4.69, 9.17) is 0 Å². The Morgan fingerprint density at radius 2 is 1.30 bits per heavy atom. The SMILES string of the molecule is CCC1(CC)c2cc(C)ccc2-c2cc3ccc(C)cc3cc21. The van der Waals surface area contributed by atoms with E-state index in [0.717, 1.165) is 12.8 Å². The number of hydrogen-bond donors (Lipinski definition) is 0. The summed E-state index contributed by atoms with van der Waals surface area (Å²) in [5.74, 6) is 0. The zero-order valence-electron chi connectivity index (χ0n) is 14.5. The van der Waals surface area contributed by atoms with Gasteiger partial charge in [0, 0.05) is 5.41 Å².